The number of hydrogen-bond acceptors (Lipinski definition) is 3. The van der Waals surface area contributed by atoms with Gasteiger partial charge in [-0.1, -0.05) is 41.9 Å². The Balaban J connectivity index is 1.80. The van der Waals surface area contributed by atoms with Crippen LogP contribution in [0.3, 0.4) is 0 Å². The van der Waals surface area contributed by atoms with Crippen LogP contribution in [0.2, 0.25) is 5.02 Å². The van der Waals surface area contributed by atoms with Gasteiger partial charge in [-0.25, -0.2) is 4.79 Å². The van der Waals surface area contributed by atoms with Gasteiger partial charge in [-0.05, 0) is 12.1 Å². The maximum Gasteiger partial charge on any atom is 0.337 e. The first-order chi connectivity index (χ1) is 12.1. The molecule has 0 saturated heterocycles. The fraction of sp³-hybridized carbons (Fsp3) is 0. The maximum atomic E-state index is 11.3. The smallest absolute Gasteiger partial charge is 0.337 e. The van der Waals surface area contributed by atoms with Gasteiger partial charge < -0.3 is 10.1 Å². The second kappa shape index (κ2) is 6.03. The normalized spacial score (nSPS) is 10.9. The van der Waals surface area contributed by atoms with Gasteiger partial charge in [-0.2, -0.15) is 0 Å². The average molecular weight is 350 g/mol. The average Bonchev–Trinajstić information content (AvgIpc) is 3.05. The number of aromatic nitrogens is 3. The number of H-pyrrole nitrogens is 1. The van der Waals surface area contributed by atoms with Crippen molar-refractivity contribution in [3.8, 4) is 22.5 Å². The highest BCUT2D eigenvalue weighted by Gasteiger charge is 2.15. The summed E-state index contributed by atoms with van der Waals surface area (Å²) in [7, 11) is 0. The van der Waals surface area contributed by atoms with Crippen molar-refractivity contribution in [1.82, 2.24) is 15.0 Å². The Morgan fingerprint density at radius 1 is 1.04 bits per heavy atom. The van der Waals surface area contributed by atoms with Crippen molar-refractivity contribution in [1.29, 1.82) is 0 Å². The molecular formula is C19H12ClN3O2. The zero-order valence-corrected chi connectivity index (χ0v) is 13.7. The molecule has 0 saturated carbocycles. The van der Waals surface area contributed by atoms with Gasteiger partial charge in [0.1, 0.15) is 0 Å². The fourth-order valence-corrected chi connectivity index (χ4v) is 3.00. The van der Waals surface area contributed by atoms with Crippen molar-refractivity contribution in [2.45, 2.75) is 0 Å². The molecule has 5 nitrogen and oxygen atoms in total. The van der Waals surface area contributed by atoms with Gasteiger partial charge >= 0.3 is 5.97 Å². The molecule has 0 fully saturated rings. The molecule has 0 amide bonds. The second-order valence-electron chi connectivity index (χ2n) is 5.54. The van der Waals surface area contributed by atoms with E-state index in [-0.39, 0.29) is 5.56 Å². The molecule has 0 unspecified atom stereocenters. The molecule has 0 spiro atoms. The lowest BCUT2D eigenvalue weighted by molar-refractivity contribution is 0.0699. The summed E-state index contributed by atoms with van der Waals surface area (Å²) in [6, 6.07) is 13.2. The molecule has 6 heteroatoms. The molecule has 122 valence electrons. The number of rotatable bonds is 3. The van der Waals surface area contributed by atoms with Crippen LogP contribution in [0.25, 0.3) is 33.4 Å². The Labute approximate surface area is 147 Å². The number of carboxylic acids is 1. The lowest BCUT2D eigenvalue weighted by Gasteiger charge is -2.06. The number of aromatic carboxylic acids is 1. The Hall–Kier alpha value is -3.18. The topological polar surface area (TPSA) is 78.9 Å². The van der Waals surface area contributed by atoms with Crippen LogP contribution in [0, 0.1) is 0 Å². The molecule has 0 aliphatic carbocycles. The van der Waals surface area contributed by atoms with Gasteiger partial charge in [0.2, 0.25) is 0 Å². The van der Waals surface area contributed by atoms with E-state index in [2.05, 4.69) is 15.0 Å². The van der Waals surface area contributed by atoms with Crippen LogP contribution in [0.1, 0.15) is 10.4 Å². The van der Waals surface area contributed by atoms with Crippen molar-refractivity contribution < 1.29 is 9.90 Å². The molecule has 2 heterocycles. The van der Waals surface area contributed by atoms with Crippen molar-refractivity contribution in [3.63, 3.8) is 0 Å². The van der Waals surface area contributed by atoms with E-state index in [9.17, 15) is 9.90 Å². The van der Waals surface area contributed by atoms with Crippen LogP contribution in [0.5, 0.6) is 0 Å². The molecule has 0 atom stereocenters. The number of fused-ring (bicyclic) bond motifs is 1. The minimum atomic E-state index is -0.995. The van der Waals surface area contributed by atoms with Gasteiger partial charge in [0.15, 0.2) is 0 Å². The van der Waals surface area contributed by atoms with Crippen LogP contribution >= 0.6 is 11.6 Å². The molecule has 2 N–H and O–H groups in total. The standard InChI is InChI=1S/C19H12ClN3O2/c20-15-7-16-12(14(8-21-16)19(24)25)6-13(15)18-10-22-17(9-23-18)11-4-2-1-3-5-11/h1-10,21H,(H,24,25). The third-order valence-corrected chi connectivity index (χ3v) is 4.31. The van der Waals surface area contributed by atoms with Gasteiger partial charge in [-0.3, -0.25) is 9.97 Å². The van der Waals surface area contributed by atoms with Crippen molar-refractivity contribution in [3.05, 3.63) is 71.6 Å². The van der Waals surface area contributed by atoms with Gasteiger partial charge in [-0.15, -0.1) is 0 Å². The Bertz CT molecular complexity index is 1070. The highest BCUT2D eigenvalue weighted by atomic mass is 35.5. The SMILES string of the molecule is O=C(O)c1c[nH]c2cc(Cl)c(-c3cnc(-c4ccccc4)cn3)cc12. The Morgan fingerprint density at radius 2 is 1.76 bits per heavy atom. The first kappa shape index (κ1) is 15.4. The minimum Gasteiger partial charge on any atom is -0.478 e. The lowest BCUT2D eigenvalue weighted by atomic mass is 10.1. The zero-order chi connectivity index (χ0) is 17.4. The summed E-state index contributed by atoms with van der Waals surface area (Å²) < 4.78 is 0. The fourth-order valence-electron chi connectivity index (χ4n) is 2.74. The second-order valence-corrected chi connectivity index (χ2v) is 5.95. The van der Waals surface area contributed by atoms with E-state index in [0.717, 1.165) is 11.3 Å². The summed E-state index contributed by atoms with van der Waals surface area (Å²) in [5.74, 6) is -0.995. The van der Waals surface area contributed by atoms with Gasteiger partial charge in [0.25, 0.3) is 0 Å². The van der Waals surface area contributed by atoms with Crippen LogP contribution in [-0.2, 0) is 0 Å². The first-order valence-corrected chi connectivity index (χ1v) is 7.93. The minimum absolute atomic E-state index is 0.196. The zero-order valence-electron chi connectivity index (χ0n) is 12.9. The first-order valence-electron chi connectivity index (χ1n) is 7.55. The summed E-state index contributed by atoms with van der Waals surface area (Å²) in [4.78, 5) is 23.1. The van der Waals surface area contributed by atoms with Crippen LogP contribution in [0.4, 0.5) is 0 Å². The van der Waals surface area contributed by atoms with E-state index in [1.54, 1.807) is 24.5 Å². The number of halogens is 1. The third kappa shape index (κ3) is 2.75. The molecule has 2 aromatic carbocycles. The quantitative estimate of drug-likeness (QED) is 0.564. The number of hydrogen-bond donors (Lipinski definition) is 2. The van der Waals surface area contributed by atoms with E-state index in [1.165, 1.54) is 6.20 Å². The monoisotopic (exact) mass is 349 g/mol. The molecule has 0 radical (unpaired) electrons. The Morgan fingerprint density at radius 3 is 2.44 bits per heavy atom. The predicted octanol–water partition coefficient (Wildman–Crippen LogP) is 4.64. The molecular weight excluding hydrogens is 338 g/mol. The lowest BCUT2D eigenvalue weighted by Crippen LogP contribution is -1.94. The summed E-state index contributed by atoms with van der Waals surface area (Å²) >= 11 is 6.35. The molecule has 25 heavy (non-hydrogen) atoms. The molecule has 4 rings (SSSR count). The number of nitrogens with zero attached hydrogens (tertiary/aromatic N) is 2. The molecule has 4 aromatic rings. The number of carbonyl (C=O) groups is 1. The molecule has 0 aliphatic heterocycles. The van der Waals surface area contributed by atoms with Crippen molar-refractivity contribution >= 4 is 28.5 Å². The van der Waals surface area contributed by atoms with E-state index in [0.29, 0.717) is 27.2 Å². The van der Waals surface area contributed by atoms with Crippen LogP contribution in [0.15, 0.2) is 61.1 Å². The van der Waals surface area contributed by atoms with E-state index in [1.807, 2.05) is 30.3 Å². The summed E-state index contributed by atoms with van der Waals surface area (Å²) in [6.45, 7) is 0. The van der Waals surface area contributed by atoms with Crippen molar-refractivity contribution in [2.24, 2.45) is 0 Å². The highest BCUT2D eigenvalue weighted by molar-refractivity contribution is 6.34. The molecule has 0 bridgehead atoms. The summed E-state index contributed by atoms with van der Waals surface area (Å²) in [5.41, 5.74) is 3.82. The van der Waals surface area contributed by atoms with E-state index in [4.69, 9.17) is 11.6 Å². The maximum absolute atomic E-state index is 11.3. The predicted molar refractivity (Wildman–Crippen MR) is 96.7 cm³/mol. The number of carboxylic acid groups (broad SMARTS) is 1. The Kier molecular flexibility index (Phi) is 3.71. The number of aromatic amines is 1. The van der Waals surface area contributed by atoms with E-state index < -0.39 is 5.97 Å². The number of nitrogens with one attached hydrogen (secondary N) is 1. The van der Waals surface area contributed by atoms with E-state index >= 15 is 0 Å². The van der Waals surface area contributed by atoms with Gasteiger partial charge in [0.05, 0.1) is 34.4 Å². The third-order valence-electron chi connectivity index (χ3n) is 4.00. The van der Waals surface area contributed by atoms with Gasteiger partial charge in [0, 0.05) is 28.2 Å². The molecule has 0 aliphatic rings. The summed E-state index contributed by atoms with van der Waals surface area (Å²) in [6.07, 6.45) is 4.78. The largest absolute Gasteiger partial charge is 0.478 e. The van der Waals surface area contributed by atoms with Crippen LogP contribution in [-0.4, -0.2) is 26.0 Å². The highest BCUT2D eigenvalue weighted by Crippen LogP contribution is 2.32. The number of benzene rings is 2. The van der Waals surface area contributed by atoms with Crippen molar-refractivity contribution in [2.75, 3.05) is 0 Å². The molecule has 2 aromatic heterocycles. The summed E-state index contributed by atoms with van der Waals surface area (Å²) in [5, 5.41) is 10.3. The van der Waals surface area contributed by atoms with Crippen LogP contribution < -0.4 is 0 Å².